The highest BCUT2D eigenvalue weighted by Gasteiger charge is 2.30. The normalized spacial score (nSPS) is 16.7. The number of benzene rings is 1. The van der Waals surface area contributed by atoms with Gasteiger partial charge in [-0.15, -0.1) is 11.3 Å². The highest BCUT2D eigenvalue weighted by molar-refractivity contribution is 7.12. The number of piperidine rings is 1. The minimum Gasteiger partial charge on any atom is -0.355 e. The quantitative estimate of drug-likeness (QED) is 0.849. The van der Waals surface area contributed by atoms with Crippen LogP contribution in [0.1, 0.15) is 38.4 Å². The molecule has 1 atom stereocenters. The first-order valence-electron chi connectivity index (χ1n) is 8.96. The molecule has 0 saturated carbocycles. The monoisotopic (exact) mass is 385 g/mol. The molecule has 3 amide bonds. The number of hydrogen-bond donors (Lipinski definition) is 2. The van der Waals surface area contributed by atoms with Crippen LogP contribution >= 0.6 is 11.3 Å². The Labute approximate surface area is 162 Å². The van der Waals surface area contributed by atoms with Crippen LogP contribution in [-0.2, 0) is 4.79 Å². The lowest BCUT2D eigenvalue weighted by molar-refractivity contribution is -0.121. The predicted octanol–water partition coefficient (Wildman–Crippen LogP) is 2.91. The van der Waals surface area contributed by atoms with Gasteiger partial charge in [-0.3, -0.25) is 14.4 Å². The van der Waals surface area contributed by atoms with E-state index in [-0.39, 0.29) is 23.6 Å². The zero-order valence-corrected chi connectivity index (χ0v) is 16.3. The molecule has 0 spiro atoms. The molecule has 3 rings (SSSR count). The Bertz CT molecular complexity index is 848. The molecule has 2 aromatic rings. The Kier molecular flexibility index (Phi) is 5.91. The summed E-state index contributed by atoms with van der Waals surface area (Å²) in [6, 6.07) is 9.03. The second-order valence-electron chi connectivity index (χ2n) is 6.63. The van der Waals surface area contributed by atoms with E-state index in [1.165, 1.54) is 11.3 Å². The zero-order valence-electron chi connectivity index (χ0n) is 15.5. The van der Waals surface area contributed by atoms with Gasteiger partial charge in [0.15, 0.2) is 0 Å². The van der Waals surface area contributed by atoms with E-state index < -0.39 is 0 Å². The third-order valence-corrected chi connectivity index (χ3v) is 5.65. The molecule has 2 heterocycles. The van der Waals surface area contributed by atoms with Gasteiger partial charge in [0.05, 0.1) is 22.0 Å². The van der Waals surface area contributed by atoms with Crippen LogP contribution in [0.4, 0.5) is 5.69 Å². The van der Waals surface area contributed by atoms with Gasteiger partial charge >= 0.3 is 0 Å². The fraction of sp³-hybridized carbons (Fsp3) is 0.350. The minimum absolute atomic E-state index is 0.0240. The molecule has 7 heteroatoms. The first-order chi connectivity index (χ1) is 13.0. The Balaban J connectivity index is 1.72. The van der Waals surface area contributed by atoms with Gasteiger partial charge in [-0.05, 0) is 42.8 Å². The van der Waals surface area contributed by atoms with Gasteiger partial charge in [-0.2, -0.15) is 0 Å². The Morgan fingerprint density at radius 1 is 1.19 bits per heavy atom. The molecule has 0 radical (unpaired) electrons. The molecule has 1 aliphatic rings. The summed E-state index contributed by atoms with van der Waals surface area (Å²) in [6.45, 7) is 2.89. The third-order valence-electron chi connectivity index (χ3n) is 4.80. The summed E-state index contributed by atoms with van der Waals surface area (Å²) >= 11 is 1.41. The standard InChI is InChI=1S/C20H23N3O3S/c1-13-6-3-8-15(17(13)19(25)21-2)22-18(24)14-7-4-10-23(12-14)20(26)16-9-5-11-27-16/h3,5-6,8-9,11,14H,4,7,10,12H2,1-2H3,(H,21,25)(H,22,24). The number of amides is 3. The smallest absolute Gasteiger partial charge is 0.263 e. The Hall–Kier alpha value is -2.67. The van der Waals surface area contributed by atoms with Crippen LogP contribution in [0.15, 0.2) is 35.7 Å². The molecule has 1 unspecified atom stereocenters. The molecule has 2 N–H and O–H groups in total. The van der Waals surface area contributed by atoms with E-state index in [1.807, 2.05) is 30.5 Å². The van der Waals surface area contributed by atoms with Gasteiger partial charge in [-0.1, -0.05) is 18.2 Å². The lowest BCUT2D eigenvalue weighted by Gasteiger charge is -2.32. The maximum absolute atomic E-state index is 12.8. The van der Waals surface area contributed by atoms with Crippen LogP contribution < -0.4 is 10.6 Å². The van der Waals surface area contributed by atoms with E-state index >= 15 is 0 Å². The van der Waals surface area contributed by atoms with Crippen molar-refractivity contribution in [2.24, 2.45) is 5.92 Å². The van der Waals surface area contributed by atoms with Gasteiger partial charge in [0.2, 0.25) is 5.91 Å². The lowest BCUT2D eigenvalue weighted by atomic mass is 9.96. The molecule has 1 aromatic heterocycles. The summed E-state index contributed by atoms with van der Waals surface area (Å²) < 4.78 is 0. The van der Waals surface area contributed by atoms with Crippen LogP contribution in [0.5, 0.6) is 0 Å². The van der Waals surface area contributed by atoms with Crippen molar-refractivity contribution in [2.45, 2.75) is 19.8 Å². The summed E-state index contributed by atoms with van der Waals surface area (Å²) in [7, 11) is 1.57. The molecular weight excluding hydrogens is 362 g/mol. The minimum atomic E-state index is -0.291. The molecule has 6 nitrogen and oxygen atoms in total. The summed E-state index contributed by atoms with van der Waals surface area (Å²) in [5.74, 6) is -0.708. The van der Waals surface area contributed by atoms with Crippen LogP contribution in [-0.4, -0.2) is 42.8 Å². The topological polar surface area (TPSA) is 78.5 Å². The third kappa shape index (κ3) is 4.19. The molecule has 0 bridgehead atoms. The largest absolute Gasteiger partial charge is 0.355 e. The number of aryl methyl sites for hydroxylation is 1. The van der Waals surface area contributed by atoms with E-state index in [0.717, 1.165) is 18.4 Å². The van der Waals surface area contributed by atoms with Gasteiger partial charge in [0.25, 0.3) is 11.8 Å². The summed E-state index contributed by atoms with van der Waals surface area (Å²) in [5.41, 5.74) is 1.77. The fourth-order valence-electron chi connectivity index (χ4n) is 3.36. The number of carbonyl (C=O) groups excluding carboxylic acids is 3. The lowest BCUT2D eigenvalue weighted by Crippen LogP contribution is -2.43. The number of hydrogen-bond acceptors (Lipinski definition) is 4. The maximum atomic E-state index is 12.8. The van der Waals surface area contributed by atoms with Crippen molar-refractivity contribution in [1.82, 2.24) is 10.2 Å². The summed E-state index contributed by atoms with van der Waals surface area (Å²) in [5, 5.41) is 7.38. The van der Waals surface area contributed by atoms with Crippen molar-refractivity contribution in [3.05, 3.63) is 51.7 Å². The average Bonchev–Trinajstić information content (AvgIpc) is 3.22. The molecule has 27 heavy (non-hydrogen) atoms. The number of thiophene rings is 1. The van der Waals surface area contributed by atoms with E-state index in [4.69, 9.17) is 0 Å². The molecule has 1 aromatic carbocycles. The molecule has 0 aliphatic carbocycles. The average molecular weight is 385 g/mol. The number of rotatable bonds is 4. The second kappa shape index (κ2) is 8.35. The molecule has 1 fully saturated rings. The Morgan fingerprint density at radius 2 is 2.00 bits per heavy atom. The van der Waals surface area contributed by atoms with Crippen LogP contribution in [0, 0.1) is 12.8 Å². The van der Waals surface area contributed by atoms with Gasteiger partial charge < -0.3 is 15.5 Å². The van der Waals surface area contributed by atoms with Crippen molar-refractivity contribution in [1.29, 1.82) is 0 Å². The first-order valence-corrected chi connectivity index (χ1v) is 9.84. The Morgan fingerprint density at radius 3 is 2.70 bits per heavy atom. The maximum Gasteiger partial charge on any atom is 0.263 e. The highest BCUT2D eigenvalue weighted by Crippen LogP contribution is 2.24. The number of nitrogens with one attached hydrogen (secondary N) is 2. The van der Waals surface area contributed by atoms with E-state index in [1.54, 1.807) is 24.1 Å². The zero-order chi connectivity index (χ0) is 19.4. The summed E-state index contributed by atoms with van der Waals surface area (Å²) in [6.07, 6.45) is 1.51. The predicted molar refractivity (Wildman–Crippen MR) is 106 cm³/mol. The van der Waals surface area contributed by atoms with Gasteiger partial charge in [-0.25, -0.2) is 0 Å². The second-order valence-corrected chi connectivity index (χ2v) is 7.58. The highest BCUT2D eigenvalue weighted by atomic mass is 32.1. The van der Waals surface area contributed by atoms with Crippen molar-refractivity contribution in [3.8, 4) is 0 Å². The number of likely N-dealkylation sites (tertiary alicyclic amines) is 1. The summed E-state index contributed by atoms with van der Waals surface area (Å²) in [4.78, 5) is 40.0. The van der Waals surface area contributed by atoms with Crippen molar-refractivity contribution in [3.63, 3.8) is 0 Å². The van der Waals surface area contributed by atoms with Crippen molar-refractivity contribution in [2.75, 3.05) is 25.5 Å². The van der Waals surface area contributed by atoms with E-state index in [2.05, 4.69) is 10.6 Å². The van der Waals surface area contributed by atoms with Gasteiger partial charge in [0.1, 0.15) is 0 Å². The van der Waals surface area contributed by atoms with Gasteiger partial charge in [0, 0.05) is 20.1 Å². The van der Waals surface area contributed by atoms with E-state index in [0.29, 0.717) is 29.2 Å². The first kappa shape index (κ1) is 19.1. The SMILES string of the molecule is CNC(=O)c1c(C)cccc1NC(=O)C1CCCN(C(=O)c2cccs2)C1. The van der Waals surface area contributed by atoms with Crippen LogP contribution in [0.2, 0.25) is 0 Å². The van der Waals surface area contributed by atoms with Crippen molar-refractivity contribution < 1.29 is 14.4 Å². The van der Waals surface area contributed by atoms with Crippen molar-refractivity contribution >= 4 is 34.7 Å². The van der Waals surface area contributed by atoms with Crippen LogP contribution in [0.3, 0.4) is 0 Å². The number of nitrogens with zero attached hydrogens (tertiary/aromatic N) is 1. The molecule has 1 saturated heterocycles. The van der Waals surface area contributed by atoms with E-state index in [9.17, 15) is 14.4 Å². The fourth-order valence-corrected chi connectivity index (χ4v) is 4.06. The molecule has 1 aliphatic heterocycles. The number of carbonyl (C=O) groups is 3. The molecule has 142 valence electrons. The molecular formula is C20H23N3O3S. The number of anilines is 1. The van der Waals surface area contributed by atoms with Crippen LogP contribution in [0.25, 0.3) is 0 Å².